The van der Waals surface area contributed by atoms with Crippen molar-refractivity contribution in [2.45, 2.75) is 25.9 Å². The maximum atomic E-state index is 11.9. The van der Waals surface area contributed by atoms with Gasteiger partial charge in [0, 0.05) is 30.3 Å². The highest BCUT2D eigenvalue weighted by atomic mass is 19.4. The van der Waals surface area contributed by atoms with Gasteiger partial charge in [0.05, 0.1) is 4.92 Å². The molecule has 0 saturated carbocycles. The summed E-state index contributed by atoms with van der Waals surface area (Å²) in [6.07, 6.45) is -5.02. The highest BCUT2D eigenvalue weighted by Crippen LogP contribution is 2.23. The maximum absolute atomic E-state index is 11.9. The Balaban J connectivity index is 2.49. The summed E-state index contributed by atoms with van der Waals surface area (Å²) < 4.78 is 35.7. The van der Waals surface area contributed by atoms with E-state index in [4.69, 9.17) is 0 Å². The molecule has 0 bridgehead atoms. The number of nitro benzene ring substituents is 1. The molecule has 0 aromatic heterocycles. The Morgan fingerprint density at radius 2 is 2.06 bits per heavy atom. The van der Waals surface area contributed by atoms with E-state index in [1.165, 1.54) is 12.1 Å². The lowest BCUT2D eigenvalue weighted by atomic mass is 10.2. The molecule has 0 fully saturated rings. The van der Waals surface area contributed by atoms with Crippen LogP contribution in [-0.4, -0.2) is 17.6 Å². The van der Waals surface area contributed by atoms with Crippen LogP contribution >= 0.6 is 0 Å². The summed E-state index contributed by atoms with van der Waals surface area (Å²) in [6.45, 7) is 1.76. The van der Waals surface area contributed by atoms with Crippen molar-refractivity contribution in [3.63, 3.8) is 0 Å². The average molecular weight is 262 g/mol. The third kappa shape index (κ3) is 4.60. The van der Waals surface area contributed by atoms with Crippen LogP contribution in [0, 0.1) is 17.0 Å². The number of nitrogens with zero attached hydrogens (tertiary/aromatic N) is 1. The van der Waals surface area contributed by atoms with Gasteiger partial charge >= 0.3 is 6.18 Å². The molecule has 100 valence electrons. The molecular weight excluding hydrogens is 249 g/mol. The predicted molar refractivity (Wildman–Crippen MR) is 61.6 cm³/mol. The molecule has 1 N–H and O–H groups in total. The van der Waals surface area contributed by atoms with Crippen molar-refractivity contribution in [1.82, 2.24) is 0 Å². The zero-order valence-electron chi connectivity index (χ0n) is 9.75. The number of hydrogen-bond acceptors (Lipinski definition) is 3. The molecule has 0 unspecified atom stereocenters. The SMILES string of the molecule is Cc1cc(NCCCC(F)(F)F)ccc1[N+](=O)[O-]. The Kier molecular flexibility index (Phi) is 4.52. The quantitative estimate of drug-likeness (QED) is 0.500. The lowest BCUT2D eigenvalue weighted by Gasteiger charge is -2.09. The van der Waals surface area contributed by atoms with Gasteiger partial charge in [-0.15, -0.1) is 0 Å². The highest BCUT2D eigenvalue weighted by Gasteiger charge is 2.25. The van der Waals surface area contributed by atoms with E-state index in [1.54, 1.807) is 13.0 Å². The first-order chi connectivity index (χ1) is 8.29. The van der Waals surface area contributed by atoms with Crippen molar-refractivity contribution in [3.8, 4) is 0 Å². The fourth-order valence-electron chi connectivity index (χ4n) is 1.49. The Bertz CT molecular complexity index is 433. The van der Waals surface area contributed by atoms with Gasteiger partial charge in [0.2, 0.25) is 0 Å². The number of nitrogens with one attached hydrogen (secondary N) is 1. The zero-order chi connectivity index (χ0) is 13.8. The number of anilines is 1. The van der Waals surface area contributed by atoms with Gasteiger partial charge in [-0.05, 0) is 25.5 Å². The topological polar surface area (TPSA) is 55.2 Å². The van der Waals surface area contributed by atoms with Crippen LogP contribution in [0.3, 0.4) is 0 Å². The second-order valence-electron chi connectivity index (χ2n) is 3.90. The molecule has 4 nitrogen and oxygen atoms in total. The standard InChI is InChI=1S/C11H13F3N2O2/c1-8-7-9(3-4-10(8)16(17)18)15-6-2-5-11(12,13)14/h3-4,7,15H,2,5-6H2,1H3. The Morgan fingerprint density at radius 3 is 2.56 bits per heavy atom. The van der Waals surface area contributed by atoms with Crippen molar-refractivity contribution < 1.29 is 18.1 Å². The van der Waals surface area contributed by atoms with Crippen LogP contribution in [0.25, 0.3) is 0 Å². The molecule has 0 aliphatic carbocycles. The van der Waals surface area contributed by atoms with Gasteiger partial charge in [-0.3, -0.25) is 10.1 Å². The molecule has 0 spiro atoms. The minimum absolute atomic E-state index is 0.00385. The largest absolute Gasteiger partial charge is 0.389 e. The number of nitro groups is 1. The van der Waals surface area contributed by atoms with Crippen LogP contribution in [0.4, 0.5) is 24.5 Å². The highest BCUT2D eigenvalue weighted by molar-refractivity contribution is 5.53. The second kappa shape index (κ2) is 5.70. The van der Waals surface area contributed by atoms with Gasteiger partial charge < -0.3 is 5.32 Å². The van der Waals surface area contributed by atoms with E-state index < -0.39 is 17.5 Å². The van der Waals surface area contributed by atoms with E-state index in [1.807, 2.05) is 0 Å². The number of alkyl halides is 3. The first-order valence-electron chi connectivity index (χ1n) is 5.35. The number of hydrogen-bond donors (Lipinski definition) is 1. The van der Waals surface area contributed by atoms with Gasteiger partial charge in [0.1, 0.15) is 0 Å². The van der Waals surface area contributed by atoms with E-state index in [-0.39, 0.29) is 18.7 Å². The Labute approximate surface area is 102 Å². The first-order valence-corrected chi connectivity index (χ1v) is 5.35. The van der Waals surface area contributed by atoms with Crippen LogP contribution in [-0.2, 0) is 0 Å². The van der Waals surface area contributed by atoms with Crippen molar-refractivity contribution >= 4 is 11.4 Å². The van der Waals surface area contributed by atoms with E-state index in [0.29, 0.717) is 11.3 Å². The van der Waals surface area contributed by atoms with Gasteiger partial charge in [-0.25, -0.2) is 0 Å². The average Bonchev–Trinajstić information content (AvgIpc) is 2.22. The lowest BCUT2D eigenvalue weighted by Crippen LogP contribution is -2.11. The molecule has 0 aliphatic heterocycles. The van der Waals surface area contributed by atoms with Gasteiger partial charge in [0.15, 0.2) is 0 Å². The molecule has 1 aromatic rings. The summed E-state index contributed by atoms with van der Waals surface area (Å²) in [4.78, 5) is 10.1. The van der Waals surface area contributed by atoms with Crippen LogP contribution in [0.15, 0.2) is 18.2 Å². The monoisotopic (exact) mass is 262 g/mol. The second-order valence-corrected chi connectivity index (χ2v) is 3.90. The zero-order valence-corrected chi connectivity index (χ0v) is 9.75. The summed E-state index contributed by atoms with van der Waals surface area (Å²) in [5, 5.41) is 13.4. The molecule has 1 rings (SSSR count). The fraction of sp³-hybridized carbons (Fsp3) is 0.455. The predicted octanol–water partition coefficient (Wildman–Crippen LogP) is 3.66. The first kappa shape index (κ1) is 14.3. The van der Waals surface area contributed by atoms with E-state index in [0.717, 1.165) is 0 Å². The smallest absolute Gasteiger partial charge is 0.385 e. The maximum Gasteiger partial charge on any atom is 0.389 e. The molecule has 0 atom stereocenters. The number of rotatable bonds is 5. The van der Waals surface area contributed by atoms with E-state index in [2.05, 4.69) is 5.32 Å². The summed E-state index contributed by atoms with van der Waals surface area (Å²) in [5.74, 6) is 0. The Hall–Kier alpha value is -1.79. The summed E-state index contributed by atoms with van der Waals surface area (Å²) in [7, 11) is 0. The van der Waals surface area contributed by atoms with Gasteiger partial charge in [-0.2, -0.15) is 13.2 Å². The van der Waals surface area contributed by atoms with Crippen LogP contribution in [0.2, 0.25) is 0 Å². The summed E-state index contributed by atoms with van der Waals surface area (Å²) in [5.41, 5.74) is 1.05. The van der Waals surface area contributed by atoms with Crippen molar-refractivity contribution in [2.24, 2.45) is 0 Å². The summed E-state index contributed by atoms with van der Waals surface area (Å²) in [6, 6.07) is 4.37. The third-order valence-electron chi connectivity index (χ3n) is 2.36. The van der Waals surface area contributed by atoms with Crippen LogP contribution in [0.1, 0.15) is 18.4 Å². The van der Waals surface area contributed by atoms with Crippen molar-refractivity contribution in [1.29, 1.82) is 0 Å². The van der Waals surface area contributed by atoms with E-state index >= 15 is 0 Å². The number of benzene rings is 1. The molecule has 7 heteroatoms. The molecule has 1 aromatic carbocycles. The van der Waals surface area contributed by atoms with Crippen LogP contribution < -0.4 is 5.32 Å². The summed E-state index contributed by atoms with van der Waals surface area (Å²) >= 11 is 0. The molecule has 0 radical (unpaired) electrons. The van der Waals surface area contributed by atoms with Gasteiger partial charge in [0.25, 0.3) is 5.69 Å². The van der Waals surface area contributed by atoms with Crippen molar-refractivity contribution in [3.05, 3.63) is 33.9 Å². The van der Waals surface area contributed by atoms with E-state index in [9.17, 15) is 23.3 Å². The lowest BCUT2D eigenvalue weighted by molar-refractivity contribution is -0.385. The van der Waals surface area contributed by atoms with Crippen molar-refractivity contribution in [2.75, 3.05) is 11.9 Å². The van der Waals surface area contributed by atoms with Gasteiger partial charge in [-0.1, -0.05) is 0 Å². The number of halogens is 3. The minimum Gasteiger partial charge on any atom is -0.385 e. The molecule has 0 amide bonds. The molecule has 0 saturated heterocycles. The fourth-order valence-corrected chi connectivity index (χ4v) is 1.49. The normalized spacial score (nSPS) is 11.3. The molecule has 18 heavy (non-hydrogen) atoms. The Morgan fingerprint density at radius 1 is 1.39 bits per heavy atom. The molecular formula is C11H13F3N2O2. The third-order valence-corrected chi connectivity index (χ3v) is 2.36. The molecule has 0 heterocycles. The van der Waals surface area contributed by atoms with Crippen LogP contribution in [0.5, 0.6) is 0 Å². The molecule has 0 aliphatic rings. The number of aryl methyl sites for hydroxylation is 1. The minimum atomic E-state index is -4.15.